The van der Waals surface area contributed by atoms with Crippen LogP contribution in [0.15, 0.2) is 36.4 Å². The molecule has 3 N–H and O–H groups in total. The number of nitrogens with one attached hydrogen (secondary N) is 1. The minimum Gasteiger partial charge on any atom is -0.493 e. The van der Waals surface area contributed by atoms with Gasteiger partial charge in [0.05, 0.1) is 32.0 Å². The lowest BCUT2D eigenvalue weighted by Gasteiger charge is -2.32. The standard InChI is InChI=1S/C18H18N2O3/c1-22-15-9-11-7-8-19-18(13(11)10-16(15)23-2)12-5-3-4-6-14(12)20-17(18)21/h3-6,9-10,19H,7-8H2,1-2H3,(H,20,21)/p+1/t18-/m0/s1. The van der Waals surface area contributed by atoms with Crippen LogP contribution < -0.4 is 20.1 Å². The Balaban J connectivity index is 1.99. The Morgan fingerprint density at radius 2 is 1.83 bits per heavy atom. The summed E-state index contributed by atoms with van der Waals surface area (Å²) in [5.41, 5.74) is 3.29. The topological polar surface area (TPSA) is 64.2 Å². The number of amides is 1. The van der Waals surface area contributed by atoms with Crippen LogP contribution in [0.2, 0.25) is 0 Å². The van der Waals surface area contributed by atoms with Crippen LogP contribution in [0.1, 0.15) is 16.7 Å². The monoisotopic (exact) mass is 311 g/mol. The summed E-state index contributed by atoms with van der Waals surface area (Å²) in [4.78, 5) is 12.9. The van der Waals surface area contributed by atoms with Crippen LogP contribution in [-0.4, -0.2) is 26.7 Å². The van der Waals surface area contributed by atoms with Gasteiger partial charge in [-0.05, 0) is 29.8 Å². The predicted octanol–water partition coefficient (Wildman–Crippen LogP) is 1.02. The molecule has 0 unspecified atom stereocenters. The van der Waals surface area contributed by atoms with E-state index in [1.165, 1.54) is 0 Å². The molecule has 2 heterocycles. The number of carbonyl (C=O) groups is 1. The van der Waals surface area contributed by atoms with Gasteiger partial charge in [-0.3, -0.25) is 4.79 Å². The van der Waals surface area contributed by atoms with E-state index in [2.05, 4.69) is 10.6 Å². The normalized spacial score (nSPS) is 21.6. The van der Waals surface area contributed by atoms with E-state index in [1.54, 1.807) is 14.2 Å². The first kappa shape index (κ1) is 14.1. The SMILES string of the molecule is COc1cc2c(cc1OC)[C@]1([NH2+]CC2)C(=O)Nc2ccccc21. The highest BCUT2D eigenvalue weighted by molar-refractivity contribution is 6.07. The lowest BCUT2D eigenvalue weighted by Crippen LogP contribution is -2.98. The van der Waals surface area contributed by atoms with Gasteiger partial charge in [0, 0.05) is 12.0 Å². The van der Waals surface area contributed by atoms with Gasteiger partial charge in [0.15, 0.2) is 11.5 Å². The number of anilines is 1. The fourth-order valence-electron chi connectivity index (χ4n) is 3.80. The number of benzene rings is 2. The quantitative estimate of drug-likeness (QED) is 0.870. The highest BCUT2D eigenvalue weighted by atomic mass is 16.5. The van der Waals surface area contributed by atoms with E-state index >= 15 is 0 Å². The number of fused-ring (bicyclic) bond motifs is 4. The van der Waals surface area contributed by atoms with Crippen LogP contribution in [0, 0.1) is 0 Å². The largest absolute Gasteiger partial charge is 0.493 e. The molecule has 0 saturated heterocycles. The molecule has 0 bridgehead atoms. The van der Waals surface area contributed by atoms with Gasteiger partial charge in [-0.2, -0.15) is 0 Å². The van der Waals surface area contributed by atoms with Crippen LogP contribution in [0.4, 0.5) is 5.69 Å². The Hall–Kier alpha value is -2.53. The van der Waals surface area contributed by atoms with Crippen molar-refractivity contribution < 1.29 is 19.6 Å². The zero-order chi connectivity index (χ0) is 16.0. The van der Waals surface area contributed by atoms with Gasteiger partial charge in [-0.1, -0.05) is 12.1 Å². The third-order valence-electron chi connectivity index (χ3n) is 4.86. The van der Waals surface area contributed by atoms with Gasteiger partial charge in [-0.25, -0.2) is 0 Å². The fraction of sp³-hybridized carbons (Fsp3) is 0.278. The van der Waals surface area contributed by atoms with Crippen LogP contribution in [-0.2, 0) is 16.8 Å². The summed E-state index contributed by atoms with van der Waals surface area (Å²) in [6.45, 7) is 0.851. The molecule has 5 heteroatoms. The van der Waals surface area contributed by atoms with Gasteiger partial charge >= 0.3 is 0 Å². The van der Waals surface area contributed by atoms with Crippen molar-refractivity contribution in [2.24, 2.45) is 0 Å². The molecular weight excluding hydrogens is 292 g/mol. The number of carbonyl (C=O) groups excluding carboxylic acids is 1. The second-order valence-corrected chi connectivity index (χ2v) is 5.91. The third kappa shape index (κ3) is 1.80. The first-order chi connectivity index (χ1) is 11.2. The number of para-hydroxylation sites is 1. The van der Waals surface area contributed by atoms with Crippen molar-refractivity contribution in [3.8, 4) is 11.5 Å². The van der Waals surface area contributed by atoms with Gasteiger partial charge in [0.1, 0.15) is 0 Å². The van der Waals surface area contributed by atoms with E-state index in [1.807, 2.05) is 36.4 Å². The molecule has 0 radical (unpaired) electrons. The van der Waals surface area contributed by atoms with Crippen molar-refractivity contribution in [1.82, 2.24) is 0 Å². The number of rotatable bonds is 2. The summed E-state index contributed by atoms with van der Waals surface area (Å²) in [6, 6.07) is 11.8. The summed E-state index contributed by atoms with van der Waals surface area (Å²) in [6.07, 6.45) is 0.896. The number of quaternary nitrogens is 1. The molecule has 1 amide bonds. The van der Waals surface area contributed by atoms with Crippen molar-refractivity contribution in [3.63, 3.8) is 0 Å². The first-order valence-electron chi connectivity index (χ1n) is 7.71. The molecule has 1 atom stereocenters. The summed E-state index contributed by atoms with van der Waals surface area (Å²) < 4.78 is 10.9. The molecule has 0 fully saturated rings. The Morgan fingerprint density at radius 3 is 2.61 bits per heavy atom. The molecule has 4 rings (SSSR count). The molecule has 2 aromatic carbocycles. The lowest BCUT2D eigenvalue weighted by atomic mass is 9.78. The second-order valence-electron chi connectivity index (χ2n) is 5.91. The summed E-state index contributed by atoms with van der Waals surface area (Å²) in [5.74, 6) is 1.36. The van der Waals surface area contributed by atoms with Crippen molar-refractivity contribution >= 4 is 11.6 Å². The van der Waals surface area contributed by atoms with E-state index in [0.717, 1.165) is 35.3 Å². The average Bonchev–Trinajstić information content (AvgIpc) is 2.87. The van der Waals surface area contributed by atoms with Crippen molar-refractivity contribution in [1.29, 1.82) is 0 Å². The Bertz CT molecular complexity index is 803. The molecule has 2 aromatic rings. The smallest absolute Gasteiger partial charge is 0.295 e. The minimum absolute atomic E-state index is 0.00636. The van der Waals surface area contributed by atoms with E-state index < -0.39 is 5.54 Å². The molecular formula is C18H19N2O3+. The van der Waals surface area contributed by atoms with Crippen LogP contribution in [0.3, 0.4) is 0 Å². The predicted molar refractivity (Wildman–Crippen MR) is 85.9 cm³/mol. The average molecular weight is 311 g/mol. The van der Waals surface area contributed by atoms with Gasteiger partial charge in [-0.15, -0.1) is 0 Å². The molecule has 0 aliphatic carbocycles. The van der Waals surface area contributed by atoms with Crippen LogP contribution >= 0.6 is 0 Å². The van der Waals surface area contributed by atoms with E-state index in [4.69, 9.17) is 9.47 Å². The van der Waals surface area contributed by atoms with E-state index in [9.17, 15) is 4.79 Å². The van der Waals surface area contributed by atoms with Crippen molar-refractivity contribution in [3.05, 3.63) is 53.1 Å². The number of nitrogens with two attached hydrogens (primary N) is 1. The molecule has 118 valence electrons. The molecule has 1 spiro atoms. The van der Waals surface area contributed by atoms with Crippen molar-refractivity contribution in [2.45, 2.75) is 12.0 Å². The van der Waals surface area contributed by atoms with Gasteiger partial charge in [0.25, 0.3) is 5.91 Å². The number of methoxy groups -OCH3 is 2. The Kier molecular flexibility index (Phi) is 3.06. The zero-order valence-corrected chi connectivity index (χ0v) is 13.2. The van der Waals surface area contributed by atoms with E-state index in [-0.39, 0.29) is 5.91 Å². The Morgan fingerprint density at radius 1 is 1.09 bits per heavy atom. The maximum Gasteiger partial charge on any atom is 0.295 e. The molecule has 0 aromatic heterocycles. The number of hydrogen-bond donors (Lipinski definition) is 2. The molecule has 5 nitrogen and oxygen atoms in total. The summed E-state index contributed by atoms with van der Waals surface area (Å²) in [7, 11) is 3.25. The summed E-state index contributed by atoms with van der Waals surface area (Å²) >= 11 is 0. The van der Waals surface area contributed by atoms with Crippen molar-refractivity contribution in [2.75, 3.05) is 26.1 Å². The molecule has 2 aliphatic rings. The number of hydrogen-bond acceptors (Lipinski definition) is 3. The Labute approximate surface area is 134 Å². The van der Waals surface area contributed by atoms with E-state index in [0.29, 0.717) is 11.5 Å². The third-order valence-corrected chi connectivity index (χ3v) is 4.86. The zero-order valence-electron chi connectivity index (χ0n) is 13.2. The number of ether oxygens (including phenoxy) is 2. The maximum absolute atomic E-state index is 12.9. The highest BCUT2D eigenvalue weighted by Crippen LogP contribution is 2.43. The van der Waals surface area contributed by atoms with Gasteiger partial charge in [0.2, 0.25) is 5.54 Å². The van der Waals surface area contributed by atoms with Gasteiger partial charge < -0.3 is 20.1 Å². The molecule has 0 saturated carbocycles. The molecule has 23 heavy (non-hydrogen) atoms. The highest BCUT2D eigenvalue weighted by Gasteiger charge is 2.54. The molecule has 2 aliphatic heterocycles. The minimum atomic E-state index is -0.732. The summed E-state index contributed by atoms with van der Waals surface area (Å²) in [5, 5.41) is 5.15. The first-order valence-corrected chi connectivity index (χ1v) is 7.71. The lowest BCUT2D eigenvalue weighted by molar-refractivity contribution is -0.713. The van der Waals surface area contributed by atoms with Crippen LogP contribution in [0.25, 0.3) is 0 Å². The maximum atomic E-state index is 12.9. The fourth-order valence-corrected chi connectivity index (χ4v) is 3.80. The van der Waals surface area contributed by atoms with Crippen LogP contribution in [0.5, 0.6) is 11.5 Å². The second kappa shape index (κ2) is 4.99.